The van der Waals surface area contributed by atoms with Gasteiger partial charge in [0.1, 0.15) is 0 Å². The highest BCUT2D eigenvalue weighted by atomic mass is 16.4. The van der Waals surface area contributed by atoms with E-state index in [2.05, 4.69) is 0 Å². The number of carbonyl (C=O) groups is 3. The minimum Gasteiger partial charge on any atom is -0.481 e. The lowest BCUT2D eigenvalue weighted by molar-refractivity contribution is -0.151. The monoisotopic (exact) mass is 282 g/mol. The molecule has 2 aliphatic rings. The molecule has 2 fully saturated rings. The number of carboxylic acids is 1. The molecule has 0 bridgehead atoms. The van der Waals surface area contributed by atoms with Crippen LogP contribution in [0.4, 0.5) is 0 Å². The highest BCUT2D eigenvalue weighted by molar-refractivity contribution is 6.05. The predicted molar refractivity (Wildman–Crippen MR) is 71.9 cm³/mol. The van der Waals surface area contributed by atoms with Crippen molar-refractivity contribution in [3.8, 4) is 0 Å². The molecule has 2 aliphatic heterocycles. The Morgan fingerprint density at radius 3 is 2.50 bits per heavy atom. The van der Waals surface area contributed by atoms with Gasteiger partial charge in [-0.3, -0.25) is 24.2 Å². The van der Waals surface area contributed by atoms with E-state index in [0.717, 1.165) is 19.4 Å². The molecule has 6 heteroatoms. The van der Waals surface area contributed by atoms with E-state index in [1.54, 1.807) is 13.8 Å². The lowest BCUT2D eigenvalue weighted by Crippen LogP contribution is -2.50. The van der Waals surface area contributed by atoms with Crippen LogP contribution < -0.4 is 0 Å². The summed E-state index contributed by atoms with van der Waals surface area (Å²) in [7, 11) is 1.51. The van der Waals surface area contributed by atoms with Crippen LogP contribution in [0.25, 0.3) is 0 Å². The molecule has 20 heavy (non-hydrogen) atoms. The molecule has 2 atom stereocenters. The van der Waals surface area contributed by atoms with E-state index in [1.807, 2.05) is 4.90 Å². The van der Waals surface area contributed by atoms with Crippen molar-refractivity contribution in [2.45, 2.75) is 39.2 Å². The number of carboxylic acid groups (broad SMARTS) is 1. The molecule has 0 aromatic rings. The second-order valence-electron chi connectivity index (χ2n) is 6.37. The Hall–Kier alpha value is -1.43. The molecule has 2 saturated heterocycles. The molecule has 0 spiro atoms. The summed E-state index contributed by atoms with van der Waals surface area (Å²) in [6.07, 6.45) is 1.93. The first-order valence-electron chi connectivity index (χ1n) is 7.03. The van der Waals surface area contributed by atoms with Gasteiger partial charge in [-0.25, -0.2) is 0 Å². The van der Waals surface area contributed by atoms with Gasteiger partial charge in [-0.15, -0.1) is 0 Å². The van der Waals surface area contributed by atoms with Crippen molar-refractivity contribution in [2.24, 2.45) is 11.3 Å². The van der Waals surface area contributed by atoms with Crippen molar-refractivity contribution in [2.75, 3.05) is 20.1 Å². The minimum absolute atomic E-state index is 0.00237. The fourth-order valence-corrected chi connectivity index (χ4v) is 3.07. The number of carbonyl (C=O) groups excluding carboxylic acids is 2. The number of amides is 2. The van der Waals surface area contributed by atoms with Crippen LogP contribution >= 0.6 is 0 Å². The van der Waals surface area contributed by atoms with E-state index in [-0.39, 0.29) is 24.2 Å². The highest BCUT2D eigenvalue weighted by Crippen LogP contribution is 2.35. The van der Waals surface area contributed by atoms with Crippen molar-refractivity contribution in [3.63, 3.8) is 0 Å². The van der Waals surface area contributed by atoms with E-state index in [0.29, 0.717) is 6.54 Å². The lowest BCUT2D eigenvalue weighted by atomic mass is 9.74. The summed E-state index contributed by atoms with van der Waals surface area (Å²) >= 11 is 0. The summed E-state index contributed by atoms with van der Waals surface area (Å²) in [6.45, 7) is 4.79. The first-order chi connectivity index (χ1) is 9.25. The molecule has 112 valence electrons. The van der Waals surface area contributed by atoms with Crippen LogP contribution in [0.1, 0.15) is 33.1 Å². The Bertz CT molecular complexity index is 446. The third kappa shape index (κ3) is 2.44. The number of aliphatic carboxylic acids is 1. The van der Waals surface area contributed by atoms with Gasteiger partial charge in [-0.05, 0) is 39.2 Å². The van der Waals surface area contributed by atoms with Crippen LogP contribution in [-0.2, 0) is 14.4 Å². The Labute approximate surface area is 118 Å². The molecule has 0 aliphatic carbocycles. The summed E-state index contributed by atoms with van der Waals surface area (Å²) in [5.41, 5.74) is -0.809. The lowest BCUT2D eigenvalue weighted by Gasteiger charge is -2.40. The zero-order valence-corrected chi connectivity index (χ0v) is 12.3. The van der Waals surface area contributed by atoms with Crippen molar-refractivity contribution in [1.82, 2.24) is 9.80 Å². The van der Waals surface area contributed by atoms with Crippen molar-refractivity contribution in [3.05, 3.63) is 0 Å². The number of piperidine rings is 1. The second kappa shape index (κ2) is 5.16. The van der Waals surface area contributed by atoms with Crippen molar-refractivity contribution in [1.29, 1.82) is 0 Å². The zero-order chi connectivity index (χ0) is 15.1. The van der Waals surface area contributed by atoms with E-state index in [4.69, 9.17) is 0 Å². The average molecular weight is 282 g/mol. The number of rotatable bonds is 3. The number of hydrogen-bond acceptors (Lipinski definition) is 4. The van der Waals surface area contributed by atoms with Gasteiger partial charge in [-0.1, -0.05) is 0 Å². The van der Waals surface area contributed by atoms with Gasteiger partial charge in [0.15, 0.2) is 0 Å². The Morgan fingerprint density at radius 1 is 1.35 bits per heavy atom. The number of likely N-dealkylation sites (N-methyl/N-ethyl adjacent to an activating group) is 1. The minimum atomic E-state index is -0.810. The fraction of sp³-hybridized carbons (Fsp3) is 0.786. The first kappa shape index (κ1) is 15.0. The molecule has 6 nitrogen and oxygen atoms in total. The number of nitrogens with zero attached hydrogens (tertiary/aromatic N) is 2. The van der Waals surface area contributed by atoms with E-state index >= 15 is 0 Å². The largest absolute Gasteiger partial charge is 0.481 e. The molecule has 0 radical (unpaired) electrons. The second-order valence-corrected chi connectivity index (χ2v) is 6.37. The molecular formula is C14H22N2O4. The Morgan fingerprint density at radius 2 is 2.00 bits per heavy atom. The Balaban J connectivity index is 2.10. The number of hydrogen-bond donors (Lipinski definition) is 1. The smallest absolute Gasteiger partial charge is 0.309 e. The quantitative estimate of drug-likeness (QED) is 0.766. The van der Waals surface area contributed by atoms with Crippen LogP contribution in [0.15, 0.2) is 0 Å². The van der Waals surface area contributed by atoms with Crippen LogP contribution in [0.5, 0.6) is 0 Å². The summed E-state index contributed by atoms with van der Waals surface area (Å²) in [6, 6.07) is -0.403. The standard InChI is InChI=1S/C14H22N2O4/c1-14(2,13(19)20)9-5-4-6-16(8-9)10-7-11(17)15(3)12(10)18/h9-10H,4-8H2,1-3H3,(H,19,20). The van der Waals surface area contributed by atoms with Gasteiger partial charge in [0.05, 0.1) is 17.9 Å². The van der Waals surface area contributed by atoms with Crippen LogP contribution in [0.3, 0.4) is 0 Å². The third-order valence-electron chi connectivity index (χ3n) is 4.82. The topological polar surface area (TPSA) is 77.9 Å². The number of likely N-dealkylation sites (tertiary alicyclic amines) is 2. The van der Waals surface area contributed by atoms with E-state index in [9.17, 15) is 19.5 Å². The first-order valence-corrected chi connectivity index (χ1v) is 7.03. The van der Waals surface area contributed by atoms with Crippen LogP contribution in [0.2, 0.25) is 0 Å². The summed E-state index contributed by atoms with van der Waals surface area (Å²) in [5.74, 6) is -1.12. The van der Waals surface area contributed by atoms with E-state index in [1.165, 1.54) is 11.9 Å². The number of imide groups is 1. The molecule has 0 aromatic heterocycles. The fourth-order valence-electron chi connectivity index (χ4n) is 3.07. The molecule has 2 rings (SSSR count). The zero-order valence-electron chi connectivity index (χ0n) is 12.3. The molecule has 1 N–H and O–H groups in total. The van der Waals surface area contributed by atoms with Gasteiger partial charge >= 0.3 is 5.97 Å². The van der Waals surface area contributed by atoms with E-state index < -0.39 is 17.4 Å². The molecule has 0 saturated carbocycles. The van der Waals surface area contributed by atoms with Gasteiger partial charge in [0.2, 0.25) is 11.8 Å². The van der Waals surface area contributed by atoms with Crippen molar-refractivity contribution < 1.29 is 19.5 Å². The van der Waals surface area contributed by atoms with Gasteiger partial charge in [0.25, 0.3) is 0 Å². The maximum absolute atomic E-state index is 12.1. The van der Waals surface area contributed by atoms with Gasteiger partial charge in [0, 0.05) is 13.6 Å². The molecule has 2 heterocycles. The maximum Gasteiger partial charge on any atom is 0.309 e. The summed E-state index contributed by atoms with van der Waals surface area (Å²) < 4.78 is 0. The third-order valence-corrected chi connectivity index (χ3v) is 4.82. The molecular weight excluding hydrogens is 260 g/mol. The van der Waals surface area contributed by atoms with Crippen LogP contribution in [-0.4, -0.2) is 58.9 Å². The average Bonchev–Trinajstić information content (AvgIpc) is 2.66. The Kier molecular flexibility index (Phi) is 3.86. The SMILES string of the molecule is CN1C(=O)CC(N2CCCC(C(C)(C)C(=O)O)C2)C1=O. The summed E-state index contributed by atoms with van der Waals surface area (Å²) in [5, 5.41) is 9.33. The molecule has 0 aromatic carbocycles. The predicted octanol–water partition coefficient (Wildman–Crippen LogP) is 0.566. The van der Waals surface area contributed by atoms with Gasteiger partial charge in [-0.2, -0.15) is 0 Å². The summed E-state index contributed by atoms with van der Waals surface area (Å²) in [4.78, 5) is 38.2. The normalized spacial score (nSPS) is 29.1. The highest BCUT2D eigenvalue weighted by Gasteiger charge is 2.45. The molecule has 2 amide bonds. The maximum atomic E-state index is 12.1. The molecule has 2 unspecified atom stereocenters. The van der Waals surface area contributed by atoms with Crippen molar-refractivity contribution >= 4 is 17.8 Å². The van der Waals surface area contributed by atoms with Gasteiger partial charge < -0.3 is 5.11 Å². The van der Waals surface area contributed by atoms with Crippen LogP contribution in [0, 0.1) is 11.3 Å².